The van der Waals surface area contributed by atoms with Crippen LogP contribution in [0, 0.1) is 0 Å². The van der Waals surface area contributed by atoms with Crippen molar-refractivity contribution in [2.75, 3.05) is 12.4 Å². The molecule has 184 valence electrons. The van der Waals surface area contributed by atoms with E-state index in [0.29, 0.717) is 22.9 Å². The van der Waals surface area contributed by atoms with Crippen molar-refractivity contribution in [2.24, 2.45) is 0 Å². The molecule has 1 unspecified atom stereocenters. The number of ether oxygens (including phenoxy) is 2. The first-order chi connectivity index (χ1) is 17.4. The molecule has 0 saturated carbocycles. The third-order valence-corrected chi connectivity index (χ3v) is 6.87. The van der Waals surface area contributed by atoms with Crippen molar-refractivity contribution in [3.05, 3.63) is 115 Å². The topological polar surface area (TPSA) is 93.7 Å². The number of para-hydroxylation sites is 3. The molecule has 4 aromatic carbocycles. The second-order valence-corrected chi connectivity index (χ2v) is 9.65. The van der Waals surface area contributed by atoms with Crippen LogP contribution in [0.25, 0.3) is 0 Å². The number of rotatable bonds is 10. The summed E-state index contributed by atoms with van der Waals surface area (Å²) in [6, 6.07) is 30.3. The van der Waals surface area contributed by atoms with Gasteiger partial charge in [-0.25, -0.2) is 8.42 Å². The van der Waals surface area contributed by atoms with E-state index in [-0.39, 0.29) is 11.3 Å². The first-order valence-electron chi connectivity index (χ1n) is 11.3. The molecule has 0 radical (unpaired) electrons. The maximum Gasteiger partial charge on any atom is 0.243 e. The first kappa shape index (κ1) is 25.0. The second-order valence-electron chi connectivity index (χ2n) is 7.94. The van der Waals surface area contributed by atoms with Gasteiger partial charge in [0, 0.05) is 0 Å². The summed E-state index contributed by atoms with van der Waals surface area (Å²) in [7, 11) is -2.50. The van der Waals surface area contributed by atoms with Crippen molar-refractivity contribution in [3.8, 4) is 17.2 Å². The van der Waals surface area contributed by atoms with Crippen molar-refractivity contribution in [1.29, 1.82) is 0 Å². The van der Waals surface area contributed by atoms with Crippen LogP contribution in [-0.2, 0) is 21.2 Å². The predicted molar refractivity (Wildman–Crippen MR) is 139 cm³/mol. The number of hydrogen-bond acceptors (Lipinski definition) is 5. The van der Waals surface area contributed by atoms with Gasteiger partial charge in [-0.3, -0.25) is 4.79 Å². The van der Waals surface area contributed by atoms with Gasteiger partial charge in [0.2, 0.25) is 15.9 Å². The van der Waals surface area contributed by atoms with Crippen LogP contribution in [0.15, 0.2) is 114 Å². The van der Waals surface area contributed by atoms with E-state index in [4.69, 9.17) is 9.47 Å². The van der Waals surface area contributed by atoms with Gasteiger partial charge < -0.3 is 14.8 Å². The van der Waals surface area contributed by atoms with E-state index in [1.165, 1.54) is 19.2 Å². The third-order valence-electron chi connectivity index (χ3n) is 5.38. The van der Waals surface area contributed by atoms with E-state index in [1.54, 1.807) is 48.5 Å². The molecular weight excluding hydrogens is 476 g/mol. The number of hydrogen-bond donors (Lipinski definition) is 2. The van der Waals surface area contributed by atoms with Crippen molar-refractivity contribution < 1.29 is 22.7 Å². The Morgan fingerprint density at radius 1 is 0.778 bits per heavy atom. The zero-order chi connectivity index (χ0) is 25.4. The molecule has 0 aromatic heterocycles. The smallest absolute Gasteiger partial charge is 0.243 e. The highest BCUT2D eigenvalue weighted by Crippen LogP contribution is 2.29. The van der Waals surface area contributed by atoms with E-state index >= 15 is 0 Å². The van der Waals surface area contributed by atoms with Crippen LogP contribution in [0.3, 0.4) is 0 Å². The van der Waals surface area contributed by atoms with E-state index in [1.807, 2.05) is 48.5 Å². The predicted octanol–water partition coefficient (Wildman–Crippen LogP) is 5.02. The lowest BCUT2D eigenvalue weighted by Gasteiger charge is -2.20. The summed E-state index contributed by atoms with van der Waals surface area (Å²) < 4.78 is 39.9. The summed E-state index contributed by atoms with van der Waals surface area (Å²) in [6.45, 7) is 0. The molecule has 8 heteroatoms. The lowest BCUT2D eigenvalue weighted by molar-refractivity contribution is -0.117. The average Bonchev–Trinajstić information content (AvgIpc) is 2.90. The lowest BCUT2D eigenvalue weighted by atomic mass is 10.1. The molecule has 0 fully saturated rings. The zero-order valence-electron chi connectivity index (χ0n) is 19.6. The van der Waals surface area contributed by atoms with Gasteiger partial charge in [0.05, 0.1) is 17.7 Å². The monoisotopic (exact) mass is 502 g/mol. The fraction of sp³-hybridized carbons (Fsp3) is 0.107. The first-order valence-corrected chi connectivity index (χ1v) is 12.8. The SMILES string of the molecule is COc1ccc(S(=O)(=O)NC(Cc2ccccc2)C(=O)Nc2ccccc2Oc2ccccc2)cc1. The molecule has 0 saturated heterocycles. The van der Waals surface area contributed by atoms with Gasteiger partial charge >= 0.3 is 0 Å². The average molecular weight is 503 g/mol. The number of carbonyl (C=O) groups is 1. The third kappa shape index (κ3) is 6.50. The van der Waals surface area contributed by atoms with Crippen LogP contribution in [0.5, 0.6) is 17.2 Å². The highest BCUT2D eigenvalue weighted by Gasteiger charge is 2.27. The molecule has 0 heterocycles. The molecule has 2 N–H and O–H groups in total. The molecular formula is C28H26N2O5S. The summed E-state index contributed by atoms with van der Waals surface area (Å²) in [5.74, 6) is 1.07. The Balaban J connectivity index is 1.58. The van der Waals surface area contributed by atoms with Crippen LogP contribution in [0.4, 0.5) is 5.69 Å². The number of methoxy groups -OCH3 is 1. The number of amides is 1. The quantitative estimate of drug-likeness (QED) is 0.318. The Hall–Kier alpha value is -4.14. The van der Waals surface area contributed by atoms with Crippen molar-refractivity contribution in [1.82, 2.24) is 4.72 Å². The summed E-state index contributed by atoms with van der Waals surface area (Å²) in [5.41, 5.74) is 1.23. The molecule has 1 atom stereocenters. The Labute approximate surface area is 210 Å². The van der Waals surface area contributed by atoms with E-state index in [9.17, 15) is 13.2 Å². The minimum absolute atomic E-state index is 0.0296. The minimum Gasteiger partial charge on any atom is -0.497 e. The Morgan fingerprint density at radius 2 is 1.39 bits per heavy atom. The normalized spacial score (nSPS) is 11.9. The molecule has 1 amide bonds. The lowest BCUT2D eigenvalue weighted by Crippen LogP contribution is -2.45. The van der Waals surface area contributed by atoms with Crippen molar-refractivity contribution >= 4 is 21.6 Å². The van der Waals surface area contributed by atoms with Crippen LogP contribution in [0.1, 0.15) is 5.56 Å². The van der Waals surface area contributed by atoms with Gasteiger partial charge in [0.25, 0.3) is 0 Å². The van der Waals surface area contributed by atoms with Gasteiger partial charge in [0.15, 0.2) is 5.75 Å². The molecule has 0 spiro atoms. The van der Waals surface area contributed by atoms with Gasteiger partial charge in [-0.1, -0.05) is 60.7 Å². The molecule has 0 aliphatic rings. The molecule has 4 rings (SSSR count). The van der Waals surface area contributed by atoms with E-state index in [0.717, 1.165) is 5.56 Å². The molecule has 36 heavy (non-hydrogen) atoms. The Morgan fingerprint density at radius 3 is 2.06 bits per heavy atom. The van der Waals surface area contributed by atoms with Crippen LogP contribution < -0.4 is 19.5 Å². The van der Waals surface area contributed by atoms with Crippen molar-refractivity contribution in [3.63, 3.8) is 0 Å². The summed E-state index contributed by atoms with van der Waals surface area (Å²) in [5, 5.41) is 2.83. The van der Waals surface area contributed by atoms with E-state index < -0.39 is 22.0 Å². The maximum atomic E-state index is 13.4. The summed E-state index contributed by atoms with van der Waals surface area (Å²) >= 11 is 0. The van der Waals surface area contributed by atoms with E-state index in [2.05, 4.69) is 10.0 Å². The van der Waals surface area contributed by atoms with Crippen LogP contribution >= 0.6 is 0 Å². The van der Waals surface area contributed by atoms with Crippen LogP contribution in [-0.4, -0.2) is 27.5 Å². The second kappa shape index (κ2) is 11.5. The van der Waals surface area contributed by atoms with Gasteiger partial charge in [-0.2, -0.15) is 4.72 Å². The number of carbonyl (C=O) groups excluding carboxylic acids is 1. The minimum atomic E-state index is -4.00. The number of sulfonamides is 1. The van der Waals surface area contributed by atoms with Crippen LogP contribution in [0.2, 0.25) is 0 Å². The molecule has 0 aliphatic carbocycles. The number of anilines is 1. The maximum absolute atomic E-state index is 13.4. The fourth-order valence-electron chi connectivity index (χ4n) is 3.54. The fourth-order valence-corrected chi connectivity index (χ4v) is 4.74. The highest BCUT2D eigenvalue weighted by atomic mass is 32.2. The molecule has 0 bridgehead atoms. The Kier molecular flexibility index (Phi) is 7.99. The van der Waals surface area contributed by atoms with Gasteiger partial charge in [-0.15, -0.1) is 0 Å². The standard InChI is InChI=1S/C28H26N2O5S/c1-34-22-16-18-24(19-17-22)36(32,33)30-26(20-21-10-4-2-5-11-21)28(31)29-25-14-8-9-15-27(25)35-23-12-6-3-7-13-23/h2-19,26,30H,20H2,1H3,(H,29,31). The largest absolute Gasteiger partial charge is 0.497 e. The summed E-state index contributed by atoms with van der Waals surface area (Å²) in [6.07, 6.45) is 0.157. The highest BCUT2D eigenvalue weighted by molar-refractivity contribution is 7.89. The molecule has 0 aliphatic heterocycles. The molecule has 4 aromatic rings. The number of benzene rings is 4. The summed E-state index contributed by atoms with van der Waals surface area (Å²) in [4.78, 5) is 13.4. The number of nitrogens with one attached hydrogen (secondary N) is 2. The van der Waals surface area contributed by atoms with Gasteiger partial charge in [0.1, 0.15) is 17.5 Å². The van der Waals surface area contributed by atoms with Crippen molar-refractivity contribution in [2.45, 2.75) is 17.4 Å². The van der Waals surface area contributed by atoms with Gasteiger partial charge in [-0.05, 0) is 60.5 Å². The Bertz CT molecular complexity index is 1390. The zero-order valence-corrected chi connectivity index (χ0v) is 20.4. The molecule has 7 nitrogen and oxygen atoms in total.